The molecule has 0 spiro atoms. The van der Waals surface area contributed by atoms with Crippen molar-refractivity contribution in [2.24, 2.45) is 0 Å². The first kappa shape index (κ1) is 16.9. The summed E-state index contributed by atoms with van der Waals surface area (Å²) in [5.41, 5.74) is 0.383. The predicted octanol–water partition coefficient (Wildman–Crippen LogP) is 1.74. The Kier molecular flexibility index (Phi) is 4.62. The Bertz CT molecular complexity index is 867. The second-order valence-electron chi connectivity index (χ2n) is 5.38. The van der Waals surface area contributed by atoms with E-state index in [2.05, 4.69) is 9.97 Å². The molecule has 0 unspecified atom stereocenters. The number of para-hydroxylation sites is 1. The van der Waals surface area contributed by atoms with Crippen LogP contribution in [0.2, 0.25) is 5.15 Å². The highest BCUT2D eigenvalue weighted by Crippen LogP contribution is 2.34. The summed E-state index contributed by atoms with van der Waals surface area (Å²) in [6.07, 6.45) is 1.07. The fourth-order valence-electron chi connectivity index (χ4n) is 2.50. The van der Waals surface area contributed by atoms with Crippen LogP contribution in [0, 0.1) is 0 Å². The van der Waals surface area contributed by atoms with E-state index in [4.69, 9.17) is 16.3 Å². The number of anilines is 1. The molecular weight excluding hydrogens is 354 g/mol. The van der Waals surface area contributed by atoms with Gasteiger partial charge in [0.1, 0.15) is 10.6 Å². The number of ether oxygens (including phenoxy) is 1. The van der Waals surface area contributed by atoms with E-state index in [1.54, 1.807) is 23.1 Å². The Balaban J connectivity index is 2.21. The number of halogens is 1. The van der Waals surface area contributed by atoms with Crippen molar-refractivity contribution in [2.45, 2.75) is 4.90 Å². The zero-order valence-electron chi connectivity index (χ0n) is 12.9. The highest BCUT2D eigenvalue weighted by atomic mass is 35.5. The first-order valence-electron chi connectivity index (χ1n) is 7.26. The van der Waals surface area contributed by atoms with E-state index in [0.717, 1.165) is 6.26 Å². The first-order chi connectivity index (χ1) is 11.4. The van der Waals surface area contributed by atoms with E-state index in [0.29, 0.717) is 31.9 Å². The van der Waals surface area contributed by atoms with Crippen LogP contribution in [0.1, 0.15) is 0 Å². The number of nitrogens with zero attached hydrogens (tertiary/aromatic N) is 3. The first-order valence-corrected chi connectivity index (χ1v) is 9.53. The molecule has 9 heteroatoms. The monoisotopic (exact) mass is 369 g/mol. The summed E-state index contributed by atoms with van der Waals surface area (Å²) in [5, 5.41) is 9.85. The van der Waals surface area contributed by atoms with Crippen LogP contribution in [-0.2, 0) is 14.6 Å². The van der Waals surface area contributed by atoms with Crippen LogP contribution in [0.4, 0.5) is 5.82 Å². The number of aromatic hydroxyl groups is 1. The van der Waals surface area contributed by atoms with Gasteiger partial charge in [-0.25, -0.2) is 18.4 Å². The highest BCUT2D eigenvalue weighted by Gasteiger charge is 2.27. The summed E-state index contributed by atoms with van der Waals surface area (Å²) in [6, 6.07) is 6.55. The van der Waals surface area contributed by atoms with Gasteiger partial charge in [-0.3, -0.25) is 0 Å². The van der Waals surface area contributed by atoms with Crippen molar-refractivity contribution < 1.29 is 18.3 Å². The number of hydrogen-bond acceptors (Lipinski definition) is 7. The number of phenolic OH excluding ortho intramolecular Hbond substituents is 1. The van der Waals surface area contributed by atoms with Gasteiger partial charge in [-0.15, -0.1) is 0 Å². The second-order valence-corrected chi connectivity index (χ2v) is 7.69. The lowest BCUT2D eigenvalue weighted by atomic mass is 10.2. The molecule has 7 nitrogen and oxygen atoms in total. The van der Waals surface area contributed by atoms with Gasteiger partial charge < -0.3 is 14.7 Å². The van der Waals surface area contributed by atoms with Crippen molar-refractivity contribution in [1.82, 2.24) is 9.97 Å². The van der Waals surface area contributed by atoms with Gasteiger partial charge >= 0.3 is 0 Å². The zero-order valence-corrected chi connectivity index (χ0v) is 14.5. The second kappa shape index (κ2) is 6.54. The Hall–Kier alpha value is -1.90. The number of hydrogen-bond donors (Lipinski definition) is 1. The van der Waals surface area contributed by atoms with Gasteiger partial charge in [0.25, 0.3) is 0 Å². The molecule has 128 valence electrons. The van der Waals surface area contributed by atoms with E-state index >= 15 is 0 Å². The largest absolute Gasteiger partial charge is 0.507 e. The molecule has 1 aliphatic rings. The standard InChI is InChI=1S/C15H16ClN3O4S/c1-24(21,22)12-13(16)17-14(10-4-2-3-5-11(10)20)18-15(12)19-6-8-23-9-7-19/h2-5,20H,6-9H2,1H3. The van der Waals surface area contributed by atoms with Crippen LogP contribution >= 0.6 is 11.6 Å². The van der Waals surface area contributed by atoms with Gasteiger partial charge in [0.15, 0.2) is 26.6 Å². The van der Waals surface area contributed by atoms with Gasteiger partial charge in [-0.05, 0) is 12.1 Å². The quantitative estimate of drug-likeness (QED) is 0.824. The third-order valence-electron chi connectivity index (χ3n) is 3.63. The van der Waals surface area contributed by atoms with E-state index < -0.39 is 9.84 Å². The Labute approximate surface area is 144 Å². The van der Waals surface area contributed by atoms with Crippen LogP contribution < -0.4 is 4.90 Å². The van der Waals surface area contributed by atoms with Gasteiger partial charge in [-0.1, -0.05) is 23.7 Å². The Morgan fingerprint density at radius 2 is 1.88 bits per heavy atom. The minimum Gasteiger partial charge on any atom is -0.507 e. The summed E-state index contributed by atoms with van der Waals surface area (Å²) < 4.78 is 29.6. The predicted molar refractivity (Wildman–Crippen MR) is 90.3 cm³/mol. The molecule has 0 bridgehead atoms. The molecule has 0 aliphatic carbocycles. The number of morpholine rings is 1. The number of benzene rings is 1. The zero-order chi connectivity index (χ0) is 17.3. The Morgan fingerprint density at radius 1 is 1.21 bits per heavy atom. The molecular formula is C15H16ClN3O4S. The van der Waals surface area contributed by atoms with Gasteiger partial charge in [0, 0.05) is 19.3 Å². The molecule has 1 fully saturated rings. The Morgan fingerprint density at radius 3 is 2.50 bits per heavy atom. The summed E-state index contributed by atoms with van der Waals surface area (Å²) in [7, 11) is -3.62. The van der Waals surface area contributed by atoms with E-state index in [1.165, 1.54) is 6.07 Å². The topological polar surface area (TPSA) is 92.6 Å². The third-order valence-corrected chi connectivity index (χ3v) is 5.14. The smallest absolute Gasteiger partial charge is 0.182 e. The molecule has 1 N–H and O–H groups in total. The fourth-order valence-corrected chi connectivity index (χ4v) is 3.95. The molecule has 24 heavy (non-hydrogen) atoms. The maximum atomic E-state index is 12.2. The number of sulfone groups is 1. The molecule has 0 saturated carbocycles. The third kappa shape index (κ3) is 3.31. The fraction of sp³-hybridized carbons (Fsp3) is 0.333. The SMILES string of the molecule is CS(=O)(=O)c1c(Cl)nc(-c2ccccc2O)nc1N1CCOCC1. The molecule has 1 aromatic carbocycles. The molecule has 0 atom stereocenters. The summed E-state index contributed by atoms with van der Waals surface area (Å²) in [4.78, 5) is 10.2. The molecule has 3 rings (SSSR count). The highest BCUT2D eigenvalue weighted by molar-refractivity contribution is 7.91. The van der Waals surface area contributed by atoms with Gasteiger partial charge in [-0.2, -0.15) is 0 Å². The summed E-state index contributed by atoms with van der Waals surface area (Å²) >= 11 is 6.17. The average Bonchev–Trinajstić information content (AvgIpc) is 2.54. The van der Waals surface area contributed by atoms with Crippen LogP contribution in [0.25, 0.3) is 11.4 Å². The maximum Gasteiger partial charge on any atom is 0.182 e. The lowest BCUT2D eigenvalue weighted by molar-refractivity contribution is 0.122. The van der Waals surface area contributed by atoms with Gasteiger partial charge in [0.05, 0.1) is 18.8 Å². The van der Waals surface area contributed by atoms with Gasteiger partial charge in [0.2, 0.25) is 0 Å². The minimum atomic E-state index is -3.62. The molecule has 1 aliphatic heterocycles. The maximum absolute atomic E-state index is 12.2. The number of rotatable bonds is 3. The van der Waals surface area contributed by atoms with E-state index in [9.17, 15) is 13.5 Å². The van der Waals surface area contributed by atoms with Crippen molar-refractivity contribution in [3.05, 3.63) is 29.4 Å². The minimum absolute atomic E-state index is 0.00593. The molecule has 0 radical (unpaired) electrons. The molecule has 2 heterocycles. The number of phenols is 1. The van der Waals surface area contributed by atoms with E-state index in [-0.39, 0.29) is 27.4 Å². The van der Waals surface area contributed by atoms with Crippen LogP contribution in [-0.4, -0.2) is 56.1 Å². The van der Waals surface area contributed by atoms with Crippen molar-refractivity contribution >= 4 is 27.3 Å². The molecule has 1 aromatic heterocycles. The van der Waals surface area contributed by atoms with Crippen LogP contribution in [0.15, 0.2) is 29.2 Å². The summed E-state index contributed by atoms with van der Waals surface area (Å²) in [5.74, 6) is 0.402. The molecule has 0 amide bonds. The lowest BCUT2D eigenvalue weighted by Gasteiger charge is -2.29. The normalized spacial score (nSPS) is 15.5. The lowest BCUT2D eigenvalue weighted by Crippen LogP contribution is -2.37. The average molecular weight is 370 g/mol. The van der Waals surface area contributed by atoms with Crippen molar-refractivity contribution in [2.75, 3.05) is 37.5 Å². The number of aromatic nitrogens is 2. The summed E-state index contributed by atoms with van der Waals surface area (Å²) in [6.45, 7) is 1.93. The molecule has 2 aromatic rings. The van der Waals surface area contributed by atoms with Crippen LogP contribution in [0.5, 0.6) is 5.75 Å². The van der Waals surface area contributed by atoms with Crippen molar-refractivity contribution in [3.63, 3.8) is 0 Å². The van der Waals surface area contributed by atoms with Crippen LogP contribution in [0.3, 0.4) is 0 Å². The molecule has 1 saturated heterocycles. The van der Waals surface area contributed by atoms with E-state index in [1.807, 2.05) is 0 Å². The van der Waals surface area contributed by atoms with Crippen molar-refractivity contribution in [3.8, 4) is 17.1 Å². The van der Waals surface area contributed by atoms with Crippen molar-refractivity contribution in [1.29, 1.82) is 0 Å².